The van der Waals surface area contributed by atoms with Crippen molar-refractivity contribution >= 4 is 41.8 Å². The molecule has 1 aliphatic carbocycles. The van der Waals surface area contributed by atoms with Crippen LogP contribution in [0.15, 0.2) is 21.7 Å². The largest absolute Gasteiger partial charge is 0.459 e. The van der Waals surface area contributed by atoms with Crippen LogP contribution in [0.25, 0.3) is 0 Å². The summed E-state index contributed by atoms with van der Waals surface area (Å²) in [6, 6.07) is 2.01. The molecule has 1 aliphatic heterocycles. The molecular weight excluding hydrogens is 521 g/mol. The molecule has 8 nitrogen and oxygen atoms in total. The Bertz CT molecular complexity index is 761. The number of hydrogen-bond donors (Lipinski definition) is 3. The highest BCUT2D eigenvalue weighted by atomic mass is 127. The van der Waals surface area contributed by atoms with Gasteiger partial charge in [-0.25, -0.2) is 0 Å². The number of nitrogens with one attached hydrogen (secondary N) is 3. The fourth-order valence-electron chi connectivity index (χ4n) is 4.36. The van der Waals surface area contributed by atoms with E-state index in [1.165, 1.54) is 25.5 Å². The molecule has 0 bridgehead atoms. The van der Waals surface area contributed by atoms with Crippen LogP contribution in [-0.2, 0) is 4.79 Å². The minimum absolute atomic E-state index is 0. The summed E-state index contributed by atoms with van der Waals surface area (Å²) in [5.74, 6) is 1.52. The van der Waals surface area contributed by atoms with E-state index < -0.39 is 0 Å². The topological polar surface area (TPSA) is 99.0 Å². The van der Waals surface area contributed by atoms with E-state index in [2.05, 4.69) is 20.9 Å². The Kier molecular flexibility index (Phi) is 11.3. The van der Waals surface area contributed by atoms with Crippen molar-refractivity contribution in [2.45, 2.75) is 64.8 Å². The van der Waals surface area contributed by atoms with Gasteiger partial charge in [-0.05, 0) is 45.6 Å². The Labute approximate surface area is 208 Å². The molecule has 180 valence electrons. The SMILES string of the molecule is CCNC(=NCCCNC(=O)c1occc1C)NC1CCN(C(=O)C2CCCCC2)C1.I. The second kappa shape index (κ2) is 13.7. The molecule has 9 heteroatoms. The molecule has 1 aromatic rings. The first-order valence-electron chi connectivity index (χ1n) is 11.7. The summed E-state index contributed by atoms with van der Waals surface area (Å²) >= 11 is 0. The molecule has 1 aromatic heterocycles. The van der Waals surface area contributed by atoms with Crippen molar-refractivity contribution < 1.29 is 14.0 Å². The van der Waals surface area contributed by atoms with Crippen molar-refractivity contribution in [2.75, 3.05) is 32.7 Å². The molecule has 2 amide bonds. The molecule has 3 rings (SSSR count). The predicted molar refractivity (Wildman–Crippen MR) is 136 cm³/mol. The molecular formula is C23H38IN5O3. The van der Waals surface area contributed by atoms with Crippen LogP contribution < -0.4 is 16.0 Å². The van der Waals surface area contributed by atoms with Gasteiger partial charge in [0.15, 0.2) is 11.7 Å². The van der Waals surface area contributed by atoms with Crippen LogP contribution in [0.3, 0.4) is 0 Å². The normalized spacial score (nSPS) is 19.4. The minimum atomic E-state index is -0.190. The van der Waals surface area contributed by atoms with E-state index in [9.17, 15) is 9.59 Å². The maximum atomic E-state index is 12.8. The van der Waals surface area contributed by atoms with Gasteiger partial charge in [-0.3, -0.25) is 14.6 Å². The number of carbonyl (C=O) groups excluding carboxylic acids is 2. The monoisotopic (exact) mass is 559 g/mol. The van der Waals surface area contributed by atoms with Crippen LogP contribution in [0.5, 0.6) is 0 Å². The Morgan fingerprint density at radius 1 is 1.19 bits per heavy atom. The smallest absolute Gasteiger partial charge is 0.287 e. The number of halogens is 1. The van der Waals surface area contributed by atoms with Crippen LogP contribution in [0.2, 0.25) is 0 Å². The number of likely N-dealkylation sites (tertiary alicyclic amines) is 1. The number of rotatable bonds is 8. The summed E-state index contributed by atoms with van der Waals surface area (Å²) in [5, 5.41) is 9.62. The molecule has 32 heavy (non-hydrogen) atoms. The molecule has 2 heterocycles. The van der Waals surface area contributed by atoms with Crippen molar-refractivity contribution in [2.24, 2.45) is 10.9 Å². The van der Waals surface area contributed by atoms with E-state index in [4.69, 9.17) is 4.42 Å². The average Bonchev–Trinajstić information content (AvgIpc) is 3.42. The van der Waals surface area contributed by atoms with Crippen LogP contribution in [0.4, 0.5) is 0 Å². The molecule has 2 fully saturated rings. The van der Waals surface area contributed by atoms with Crippen LogP contribution in [0.1, 0.15) is 68.0 Å². The highest BCUT2D eigenvalue weighted by Gasteiger charge is 2.31. The lowest BCUT2D eigenvalue weighted by Gasteiger charge is -2.26. The third-order valence-electron chi connectivity index (χ3n) is 6.10. The first kappa shape index (κ1) is 26.5. The lowest BCUT2D eigenvalue weighted by atomic mass is 9.88. The number of carbonyl (C=O) groups is 2. The first-order chi connectivity index (χ1) is 15.1. The molecule has 1 saturated heterocycles. The molecule has 0 radical (unpaired) electrons. The standard InChI is InChI=1S/C23H37N5O3.HI/c1-3-24-23(26-13-7-12-25-21(29)20-17(2)11-15-31-20)27-19-10-14-28(16-19)22(30)18-8-5-4-6-9-18;/h11,15,18-19H,3-10,12-14,16H2,1-2H3,(H,25,29)(H2,24,26,27);1H. The van der Waals surface area contributed by atoms with Gasteiger partial charge in [0.05, 0.1) is 6.26 Å². The van der Waals surface area contributed by atoms with Gasteiger partial charge in [-0.15, -0.1) is 24.0 Å². The second-order valence-corrected chi connectivity index (χ2v) is 8.55. The zero-order valence-corrected chi connectivity index (χ0v) is 21.7. The van der Waals surface area contributed by atoms with E-state index in [0.717, 1.165) is 56.8 Å². The molecule has 0 aromatic carbocycles. The van der Waals surface area contributed by atoms with Crippen LogP contribution >= 0.6 is 24.0 Å². The molecule has 0 spiro atoms. The Morgan fingerprint density at radius 2 is 1.97 bits per heavy atom. The number of guanidine groups is 1. The fraction of sp³-hybridized carbons (Fsp3) is 0.696. The molecule has 1 atom stereocenters. The van der Waals surface area contributed by atoms with Gasteiger partial charge in [-0.1, -0.05) is 19.3 Å². The van der Waals surface area contributed by atoms with Crippen LogP contribution in [-0.4, -0.2) is 61.4 Å². The number of furan rings is 1. The lowest BCUT2D eigenvalue weighted by Crippen LogP contribution is -2.45. The Morgan fingerprint density at radius 3 is 2.66 bits per heavy atom. The summed E-state index contributed by atoms with van der Waals surface area (Å²) in [5.41, 5.74) is 0.835. The number of hydrogen-bond acceptors (Lipinski definition) is 4. The van der Waals surface area contributed by atoms with Gasteiger partial charge < -0.3 is 25.3 Å². The molecule has 1 saturated carbocycles. The zero-order valence-electron chi connectivity index (χ0n) is 19.3. The molecule has 2 aliphatic rings. The van der Waals surface area contributed by atoms with Gasteiger partial charge in [0.1, 0.15) is 0 Å². The third-order valence-corrected chi connectivity index (χ3v) is 6.10. The highest BCUT2D eigenvalue weighted by molar-refractivity contribution is 14.0. The average molecular weight is 559 g/mol. The first-order valence-corrected chi connectivity index (χ1v) is 11.7. The van der Waals surface area contributed by atoms with Crippen LogP contribution in [0, 0.1) is 12.8 Å². The summed E-state index contributed by atoms with van der Waals surface area (Å²) in [4.78, 5) is 31.5. The maximum absolute atomic E-state index is 12.8. The van der Waals surface area contributed by atoms with E-state index in [-0.39, 0.29) is 41.8 Å². The number of aliphatic imine (C=N–C) groups is 1. The van der Waals surface area contributed by atoms with Crippen molar-refractivity contribution in [3.63, 3.8) is 0 Å². The predicted octanol–water partition coefficient (Wildman–Crippen LogP) is 3.06. The van der Waals surface area contributed by atoms with Gasteiger partial charge in [0.25, 0.3) is 5.91 Å². The van der Waals surface area contributed by atoms with Crippen molar-refractivity contribution in [3.05, 3.63) is 23.7 Å². The van der Waals surface area contributed by atoms with E-state index >= 15 is 0 Å². The Hall–Kier alpha value is -1.78. The summed E-state index contributed by atoms with van der Waals surface area (Å²) in [6.07, 6.45) is 8.94. The van der Waals surface area contributed by atoms with Crippen molar-refractivity contribution in [1.82, 2.24) is 20.9 Å². The summed E-state index contributed by atoms with van der Waals surface area (Å²) < 4.78 is 5.20. The third kappa shape index (κ3) is 7.67. The van der Waals surface area contributed by atoms with E-state index in [1.54, 1.807) is 6.07 Å². The fourth-order valence-corrected chi connectivity index (χ4v) is 4.36. The summed E-state index contributed by atoms with van der Waals surface area (Å²) in [7, 11) is 0. The van der Waals surface area contributed by atoms with E-state index in [1.807, 2.05) is 18.7 Å². The lowest BCUT2D eigenvalue weighted by molar-refractivity contribution is -0.135. The van der Waals surface area contributed by atoms with Gasteiger partial charge in [0, 0.05) is 50.2 Å². The van der Waals surface area contributed by atoms with Crippen molar-refractivity contribution in [3.8, 4) is 0 Å². The summed E-state index contributed by atoms with van der Waals surface area (Å²) in [6.45, 7) is 7.38. The second-order valence-electron chi connectivity index (χ2n) is 8.55. The van der Waals surface area contributed by atoms with Gasteiger partial charge in [-0.2, -0.15) is 0 Å². The molecule has 1 unspecified atom stereocenters. The number of amides is 2. The van der Waals surface area contributed by atoms with Gasteiger partial charge in [0.2, 0.25) is 5.91 Å². The van der Waals surface area contributed by atoms with Gasteiger partial charge >= 0.3 is 0 Å². The van der Waals surface area contributed by atoms with Crippen molar-refractivity contribution in [1.29, 1.82) is 0 Å². The quantitative estimate of drug-likeness (QED) is 0.197. The number of nitrogens with zero attached hydrogens (tertiary/aromatic N) is 2. The number of aryl methyl sites for hydroxylation is 1. The Balaban J connectivity index is 0.00000363. The minimum Gasteiger partial charge on any atom is -0.459 e. The maximum Gasteiger partial charge on any atom is 0.287 e. The zero-order chi connectivity index (χ0) is 22.1. The highest BCUT2D eigenvalue weighted by Crippen LogP contribution is 2.26. The molecule has 3 N–H and O–H groups in total. The van der Waals surface area contributed by atoms with E-state index in [0.29, 0.717) is 24.8 Å².